The molecule has 0 bridgehead atoms. The summed E-state index contributed by atoms with van der Waals surface area (Å²) in [5.74, 6) is -0.523. The molecule has 0 aliphatic heterocycles. The van der Waals surface area contributed by atoms with Gasteiger partial charge in [-0.15, -0.1) is 0 Å². The van der Waals surface area contributed by atoms with Crippen LogP contribution in [0.4, 0.5) is 25.0 Å². The Balaban J connectivity index is 2.99. The highest BCUT2D eigenvalue weighted by atomic mass is 19.3. The number of nitro benzene ring substituents is 1. The Morgan fingerprint density at radius 2 is 2.00 bits per heavy atom. The molecule has 1 aromatic carbocycles. The van der Waals surface area contributed by atoms with Crippen molar-refractivity contribution in [2.45, 2.75) is 33.0 Å². The summed E-state index contributed by atoms with van der Waals surface area (Å²) in [7, 11) is 0. The first-order chi connectivity index (χ1) is 9.58. The standard InChI is InChI=1S/C12H14F2N2O5/c1-12(2,3)21-11(17)15-8-5-4-7(16(18)19)6-9(8)20-10(13)14/h4-6,10H,1-3H3,(H,15,17). The van der Waals surface area contributed by atoms with Gasteiger partial charge in [0.1, 0.15) is 5.60 Å². The second-order valence-corrected chi connectivity index (χ2v) is 4.94. The van der Waals surface area contributed by atoms with Crippen LogP contribution in [-0.4, -0.2) is 23.2 Å². The molecule has 0 radical (unpaired) electrons. The first kappa shape index (κ1) is 16.6. The Bertz CT molecular complexity index is 543. The van der Waals surface area contributed by atoms with E-state index in [-0.39, 0.29) is 5.69 Å². The highest BCUT2D eigenvalue weighted by Crippen LogP contribution is 2.31. The van der Waals surface area contributed by atoms with Crippen molar-refractivity contribution in [2.24, 2.45) is 0 Å². The summed E-state index contributed by atoms with van der Waals surface area (Å²) in [6.45, 7) is 1.68. The highest BCUT2D eigenvalue weighted by Gasteiger charge is 2.20. The molecule has 0 unspecified atom stereocenters. The van der Waals surface area contributed by atoms with Crippen LogP contribution in [0.15, 0.2) is 18.2 Å². The van der Waals surface area contributed by atoms with E-state index in [9.17, 15) is 23.7 Å². The maximum atomic E-state index is 12.3. The Kier molecular flexibility index (Phi) is 5.01. The van der Waals surface area contributed by atoms with Gasteiger partial charge in [-0.1, -0.05) is 0 Å². The minimum atomic E-state index is -3.19. The zero-order valence-corrected chi connectivity index (χ0v) is 11.6. The summed E-state index contributed by atoms with van der Waals surface area (Å²) in [6.07, 6.45) is -0.893. The van der Waals surface area contributed by atoms with E-state index < -0.39 is 34.7 Å². The van der Waals surface area contributed by atoms with Gasteiger partial charge < -0.3 is 9.47 Å². The highest BCUT2D eigenvalue weighted by molar-refractivity contribution is 5.87. The van der Waals surface area contributed by atoms with E-state index in [4.69, 9.17) is 4.74 Å². The van der Waals surface area contributed by atoms with Gasteiger partial charge in [0.25, 0.3) is 5.69 Å². The van der Waals surface area contributed by atoms with Crippen molar-refractivity contribution >= 4 is 17.5 Å². The van der Waals surface area contributed by atoms with E-state index in [0.717, 1.165) is 18.2 Å². The molecule has 9 heteroatoms. The molecule has 116 valence electrons. The summed E-state index contributed by atoms with van der Waals surface area (Å²) in [4.78, 5) is 21.4. The van der Waals surface area contributed by atoms with Gasteiger partial charge in [-0.25, -0.2) is 4.79 Å². The zero-order chi connectivity index (χ0) is 16.2. The van der Waals surface area contributed by atoms with E-state index >= 15 is 0 Å². The molecule has 0 aromatic heterocycles. The van der Waals surface area contributed by atoms with Crippen LogP contribution in [0, 0.1) is 10.1 Å². The summed E-state index contributed by atoms with van der Waals surface area (Å²) < 4.78 is 33.7. The second-order valence-electron chi connectivity index (χ2n) is 4.94. The fourth-order valence-corrected chi connectivity index (χ4v) is 1.33. The maximum Gasteiger partial charge on any atom is 0.412 e. The van der Waals surface area contributed by atoms with Crippen molar-refractivity contribution < 1.29 is 28.0 Å². The number of hydrogen-bond donors (Lipinski definition) is 1. The van der Waals surface area contributed by atoms with Gasteiger partial charge in [0.05, 0.1) is 16.7 Å². The lowest BCUT2D eigenvalue weighted by Gasteiger charge is -2.20. The summed E-state index contributed by atoms with van der Waals surface area (Å²) >= 11 is 0. The van der Waals surface area contributed by atoms with E-state index in [1.165, 1.54) is 0 Å². The van der Waals surface area contributed by atoms with Crippen molar-refractivity contribution in [3.8, 4) is 5.75 Å². The molecule has 1 N–H and O–H groups in total. The molecule has 0 atom stereocenters. The summed E-state index contributed by atoms with van der Waals surface area (Å²) in [6, 6.07) is 2.92. The molecule has 0 fully saturated rings. The first-order valence-electron chi connectivity index (χ1n) is 5.82. The smallest absolute Gasteiger partial charge is 0.412 e. The van der Waals surface area contributed by atoms with Gasteiger partial charge in [-0.3, -0.25) is 15.4 Å². The Morgan fingerprint density at radius 1 is 1.38 bits per heavy atom. The van der Waals surface area contributed by atoms with Crippen LogP contribution in [0.1, 0.15) is 20.8 Å². The number of non-ortho nitro benzene ring substituents is 1. The fourth-order valence-electron chi connectivity index (χ4n) is 1.33. The van der Waals surface area contributed by atoms with Crippen molar-refractivity contribution in [3.05, 3.63) is 28.3 Å². The second kappa shape index (κ2) is 6.33. The molecule has 0 heterocycles. The monoisotopic (exact) mass is 304 g/mol. The third kappa shape index (κ3) is 5.59. The van der Waals surface area contributed by atoms with Crippen molar-refractivity contribution in [1.29, 1.82) is 0 Å². The van der Waals surface area contributed by atoms with Crippen molar-refractivity contribution in [2.75, 3.05) is 5.32 Å². The van der Waals surface area contributed by atoms with Crippen LogP contribution in [-0.2, 0) is 4.74 Å². The maximum absolute atomic E-state index is 12.3. The number of ether oxygens (including phenoxy) is 2. The quantitative estimate of drug-likeness (QED) is 0.678. The van der Waals surface area contributed by atoms with Gasteiger partial charge in [0.15, 0.2) is 5.75 Å². The van der Waals surface area contributed by atoms with E-state index in [2.05, 4.69) is 10.1 Å². The average Bonchev–Trinajstić information content (AvgIpc) is 2.27. The van der Waals surface area contributed by atoms with E-state index in [1.807, 2.05) is 0 Å². The number of halogens is 2. The molecular formula is C12H14F2N2O5. The zero-order valence-electron chi connectivity index (χ0n) is 11.6. The number of amides is 1. The number of benzene rings is 1. The van der Waals surface area contributed by atoms with Crippen LogP contribution >= 0.6 is 0 Å². The lowest BCUT2D eigenvalue weighted by Crippen LogP contribution is -2.27. The molecule has 1 amide bonds. The SMILES string of the molecule is CC(C)(C)OC(=O)Nc1ccc([N+](=O)[O-])cc1OC(F)F. The number of rotatable bonds is 4. The molecule has 0 saturated heterocycles. The number of nitrogens with one attached hydrogen (secondary N) is 1. The first-order valence-corrected chi connectivity index (χ1v) is 5.82. The lowest BCUT2D eigenvalue weighted by molar-refractivity contribution is -0.385. The normalized spacial score (nSPS) is 11.1. The number of nitro groups is 1. The Morgan fingerprint density at radius 3 is 2.48 bits per heavy atom. The minimum Gasteiger partial charge on any atom is -0.444 e. The molecule has 1 rings (SSSR count). The third-order valence-corrected chi connectivity index (χ3v) is 2.03. The predicted molar refractivity (Wildman–Crippen MR) is 69.6 cm³/mol. The Hall–Kier alpha value is -2.45. The molecule has 7 nitrogen and oxygen atoms in total. The molecule has 0 aliphatic carbocycles. The van der Waals surface area contributed by atoms with Crippen molar-refractivity contribution in [3.63, 3.8) is 0 Å². The van der Waals surface area contributed by atoms with Crippen LogP contribution < -0.4 is 10.1 Å². The van der Waals surface area contributed by atoms with E-state index in [0.29, 0.717) is 0 Å². The Labute approximate surface area is 119 Å². The lowest BCUT2D eigenvalue weighted by atomic mass is 10.2. The van der Waals surface area contributed by atoms with Crippen LogP contribution in [0.3, 0.4) is 0 Å². The van der Waals surface area contributed by atoms with Crippen LogP contribution in [0.5, 0.6) is 5.75 Å². The average molecular weight is 304 g/mol. The molecule has 1 aromatic rings. The number of carbonyl (C=O) groups is 1. The van der Waals surface area contributed by atoms with Crippen LogP contribution in [0.2, 0.25) is 0 Å². The number of nitrogens with zero attached hydrogens (tertiary/aromatic N) is 1. The predicted octanol–water partition coefficient (Wildman–Crippen LogP) is 3.54. The number of alkyl halides is 2. The van der Waals surface area contributed by atoms with Gasteiger partial charge in [0, 0.05) is 6.07 Å². The topological polar surface area (TPSA) is 90.7 Å². The fraction of sp³-hybridized carbons (Fsp3) is 0.417. The molecule has 0 saturated carbocycles. The number of carbonyl (C=O) groups excluding carboxylic acids is 1. The van der Waals surface area contributed by atoms with Gasteiger partial charge in [-0.05, 0) is 26.8 Å². The van der Waals surface area contributed by atoms with Gasteiger partial charge in [-0.2, -0.15) is 8.78 Å². The summed E-state index contributed by atoms with van der Waals surface area (Å²) in [5, 5.41) is 12.8. The molecule has 21 heavy (non-hydrogen) atoms. The van der Waals surface area contributed by atoms with Gasteiger partial charge >= 0.3 is 12.7 Å². The van der Waals surface area contributed by atoms with E-state index in [1.54, 1.807) is 20.8 Å². The van der Waals surface area contributed by atoms with Crippen LogP contribution in [0.25, 0.3) is 0 Å². The minimum absolute atomic E-state index is 0.157. The molecule has 0 aliphatic rings. The number of hydrogen-bond acceptors (Lipinski definition) is 5. The molecular weight excluding hydrogens is 290 g/mol. The van der Waals surface area contributed by atoms with Crippen molar-refractivity contribution in [1.82, 2.24) is 0 Å². The number of anilines is 1. The van der Waals surface area contributed by atoms with Gasteiger partial charge in [0.2, 0.25) is 0 Å². The third-order valence-electron chi connectivity index (χ3n) is 2.03. The largest absolute Gasteiger partial charge is 0.444 e. The molecule has 0 spiro atoms. The summed E-state index contributed by atoms with van der Waals surface area (Å²) in [5.41, 5.74) is -1.38.